The van der Waals surface area contributed by atoms with Crippen LogP contribution in [0, 0.1) is 0 Å². The number of carbonyl (C=O) groups is 1. The third-order valence-corrected chi connectivity index (χ3v) is 6.75. The van der Waals surface area contributed by atoms with Crippen molar-refractivity contribution in [1.29, 1.82) is 0 Å². The second-order valence-electron chi connectivity index (χ2n) is 8.21. The first-order valence-electron chi connectivity index (χ1n) is 10.7. The SMILES string of the molecule is O=C(Cc1cc[n+](O)cc1)N1CCC(=C2c3ccc(Cl)cc3OCc3cc(Br)cnc32)CC1. The number of nitrogens with zero attached hydrogens (tertiary/aromatic N) is 3. The fourth-order valence-corrected chi connectivity index (χ4v) is 4.95. The van der Waals surface area contributed by atoms with Gasteiger partial charge in [0.15, 0.2) is 0 Å². The number of halogens is 2. The average Bonchev–Trinajstić information content (AvgIpc) is 2.97. The van der Waals surface area contributed by atoms with E-state index in [0.29, 0.717) is 31.1 Å². The summed E-state index contributed by atoms with van der Waals surface area (Å²) in [5.74, 6) is 0.844. The molecule has 1 aromatic carbocycles. The van der Waals surface area contributed by atoms with Crippen LogP contribution in [0.3, 0.4) is 0 Å². The van der Waals surface area contributed by atoms with Crippen molar-refractivity contribution in [2.24, 2.45) is 0 Å². The van der Waals surface area contributed by atoms with Gasteiger partial charge in [0.05, 0.1) is 12.1 Å². The molecule has 1 amide bonds. The highest BCUT2D eigenvalue weighted by Crippen LogP contribution is 2.41. The number of likely N-dealkylation sites (tertiary alicyclic amines) is 1. The van der Waals surface area contributed by atoms with Crippen molar-refractivity contribution >= 4 is 39.0 Å². The van der Waals surface area contributed by atoms with Gasteiger partial charge in [-0.25, -0.2) is 0 Å². The van der Waals surface area contributed by atoms with Crippen molar-refractivity contribution < 1.29 is 19.5 Å². The van der Waals surface area contributed by atoms with Gasteiger partial charge in [-0.2, -0.15) is 0 Å². The van der Waals surface area contributed by atoms with Crippen LogP contribution in [-0.2, 0) is 17.8 Å². The maximum Gasteiger partial charge on any atom is 0.227 e. The normalized spacial score (nSPS) is 15.4. The van der Waals surface area contributed by atoms with E-state index in [1.54, 1.807) is 12.1 Å². The number of fused-ring (bicyclic) bond motifs is 2. The molecule has 6 nitrogen and oxygen atoms in total. The van der Waals surface area contributed by atoms with E-state index < -0.39 is 0 Å². The lowest BCUT2D eigenvalue weighted by Gasteiger charge is -2.30. The molecule has 4 heterocycles. The second-order valence-corrected chi connectivity index (χ2v) is 9.57. The Morgan fingerprint density at radius 1 is 1.18 bits per heavy atom. The summed E-state index contributed by atoms with van der Waals surface area (Å²) < 4.78 is 7.98. The maximum absolute atomic E-state index is 12.9. The lowest BCUT2D eigenvalue weighted by molar-refractivity contribution is -0.904. The van der Waals surface area contributed by atoms with Gasteiger partial charge < -0.3 is 9.64 Å². The van der Waals surface area contributed by atoms with Crippen LogP contribution in [0.2, 0.25) is 5.02 Å². The molecule has 0 aliphatic carbocycles. The Bertz CT molecular complexity index is 1190. The molecular formula is C25H22BrClN3O3+. The molecule has 0 bridgehead atoms. The molecule has 2 aliphatic rings. The first kappa shape index (κ1) is 21.9. The number of carbonyl (C=O) groups excluding carboxylic acids is 1. The summed E-state index contributed by atoms with van der Waals surface area (Å²) in [6, 6.07) is 11.3. The predicted octanol–water partition coefficient (Wildman–Crippen LogP) is 4.58. The number of ether oxygens (including phenoxy) is 1. The molecule has 3 aromatic rings. The number of rotatable bonds is 2. The molecule has 8 heteroatoms. The Kier molecular flexibility index (Phi) is 6.08. The first-order chi connectivity index (χ1) is 16.0. The van der Waals surface area contributed by atoms with Crippen molar-refractivity contribution in [3.05, 3.63) is 92.4 Å². The van der Waals surface area contributed by atoms with E-state index in [9.17, 15) is 10.0 Å². The minimum Gasteiger partial charge on any atom is -0.488 e. The monoisotopic (exact) mass is 526 g/mol. The zero-order valence-electron chi connectivity index (χ0n) is 17.8. The average molecular weight is 528 g/mol. The van der Waals surface area contributed by atoms with Gasteiger partial charge in [0.25, 0.3) is 0 Å². The van der Waals surface area contributed by atoms with Gasteiger partial charge in [0.2, 0.25) is 18.3 Å². The molecule has 2 aromatic heterocycles. The number of pyridine rings is 2. The molecule has 0 atom stereocenters. The molecule has 0 radical (unpaired) electrons. The molecule has 0 spiro atoms. The largest absolute Gasteiger partial charge is 0.488 e. The van der Waals surface area contributed by atoms with E-state index in [0.717, 1.165) is 55.8 Å². The summed E-state index contributed by atoms with van der Waals surface area (Å²) in [5.41, 5.74) is 6.17. The first-order valence-corrected chi connectivity index (χ1v) is 11.9. The van der Waals surface area contributed by atoms with Crippen molar-refractivity contribution in [2.45, 2.75) is 25.9 Å². The van der Waals surface area contributed by atoms with Crippen LogP contribution in [0.5, 0.6) is 5.75 Å². The van der Waals surface area contributed by atoms with Crippen LogP contribution in [0.25, 0.3) is 5.57 Å². The fourth-order valence-electron chi connectivity index (χ4n) is 4.41. The van der Waals surface area contributed by atoms with Gasteiger partial charge in [-0.1, -0.05) is 17.2 Å². The van der Waals surface area contributed by atoms with Gasteiger partial charge in [-0.15, -0.1) is 0 Å². The number of amides is 1. The van der Waals surface area contributed by atoms with Gasteiger partial charge in [-0.05, 0) is 58.6 Å². The highest BCUT2D eigenvalue weighted by atomic mass is 79.9. The van der Waals surface area contributed by atoms with Crippen molar-refractivity contribution in [3.8, 4) is 5.75 Å². The standard InChI is InChI=1S/C25H22BrClN3O3/c26-19-12-18-15-33-22-13-20(27)1-2-21(22)24(25(18)28-14-19)17-5-7-29(8-6-17)23(31)11-16-3-9-30(32)10-4-16/h1-4,9-10,12-14,32H,5-8,11,15H2/q+1. The number of hydrogen-bond acceptors (Lipinski definition) is 4. The van der Waals surface area contributed by atoms with Crippen molar-refractivity contribution in [3.63, 3.8) is 0 Å². The minimum atomic E-state index is 0.0913. The van der Waals surface area contributed by atoms with Crippen LogP contribution in [0.4, 0.5) is 0 Å². The van der Waals surface area contributed by atoms with Gasteiger partial charge in [0.1, 0.15) is 12.4 Å². The van der Waals surface area contributed by atoms with Gasteiger partial charge >= 0.3 is 0 Å². The van der Waals surface area contributed by atoms with E-state index >= 15 is 0 Å². The highest BCUT2D eigenvalue weighted by molar-refractivity contribution is 9.10. The Hall–Kier alpha value is -2.90. The van der Waals surface area contributed by atoms with E-state index in [1.165, 1.54) is 18.0 Å². The third-order valence-electron chi connectivity index (χ3n) is 6.08. The van der Waals surface area contributed by atoms with Crippen molar-refractivity contribution in [2.75, 3.05) is 13.1 Å². The summed E-state index contributed by atoms with van der Waals surface area (Å²) in [5, 5.41) is 10.0. The van der Waals surface area contributed by atoms with Gasteiger partial charge in [0, 0.05) is 62.3 Å². The lowest BCUT2D eigenvalue weighted by Crippen LogP contribution is -2.37. The molecule has 1 saturated heterocycles. The summed E-state index contributed by atoms with van der Waals surface area (Å²) in [6.45, 7) is 1.72. The molecule has 33 heavy (non-hydrogen) atoms. The predicted molar refractivity (Wildman–Crippen MR) is 127 cm³/mol. The molecule has 1 fully saturated rings. The number of piperidine rings is 1. The highest BCUT2D eigenvalue weighted by Gasteiger charge is 2.27. The quantitative estimate of drug-likeness (QED) is 0.391. The number of hydrogen-bond donors (Lipinski definition) is 1. The van der Waals surface area contributed by atoms with E-state index in [1.807, 2.05) is 35.4 Å². The molecular weight excluding hydrogens is 506 g/mol. The molecule has 168 valence electrons. The topological polar surface area (TPSA) is 66.5 Å². The van der Waals surface area contributed by atoms with Crippen LogP contribution >= 0.6 is 27.5 Å². The Labute approximate surface area is 205 Å². The third kappa shape index (κ3) is 4.61. The maximum atomic E-state index is 12.9. The lowest BCUT2D eigenvalue weighted by atomic mass is 9.89. The Morgan fingerprint density at radius 3 is 2.70 bits per heavy atom. The smallest absolute Gasteiger partial charge is 0.227 e. The van der Waals surface area contributed by atoms with Crippen LogP contribution < -0.4 is 9.47 Å². The molecule has 1 N–H and O–H groups in total. The second kappa shape index (κ2) is 9.15. The Morgan fingerprint density at radius 2 is 1.94 bits per heavy atom. The fraction of sp³-hybridized carbons (Fsp3) is 0.240. The Balaban J connectivity index is 1.44. The van der Waals surface area contributed by atoms with E-state index in [-0.39, 0.29) is 5.91 Å². The van der Waals surface area contributed by atoms with Crippen molar-refractivity contribution in [1.82, 2.24) is 9.88 Å². The van der Waals surface area contributed by atoms with Crippen LogP contribution in [0.15, 0.2) is 65.0 Å². The molecule has 0 saturated carbocycles. The zero-order chi connectivity index (χ0) is 22.9. The molecule has 5 rings (SSSR count). The summed E-state index contributed by atoms with van der Waals surface area (Å²) in [4.78, 5) is 19.5. The zero-order valence-corrected chi connectivity index (χ0v) is 20.1. The van der Waals surface area contributed by atoms with Crippen LogP contribution in [0.1, 0.15) is 35.2 Å². The van der Waals surface area contributed by atoms with E-state index in [2.05, 4.69) is 15.9 Å². The minimum absolute atomic E-state index is 0.0913. The number of aromatic nitrogens is 2. The summed E-state index contributed by atoms with van der Waals surface area (Å²) in [6.07, 6.45) is 6.73. The molecule has 0 unspecified atom stereocenters. The summed E-state index contributed by atoms with van der Waals surface area (Å²) in [7, 11) is 0. The summed E-state index contributed by atoms with van der Waals surface area (Å²) >= 11 is 9.77. The number of benzene rings is 1. The van der Waals surface area contributed by atoms with E-state index in [4.69, 9.17) is 21.3 Å². The molecule has 2 aliphatic heterocycles. The van der Waals surface area contributed by atoms with Gasteiger partial charge in [-0.3, -0.25) is 15.0 Å². The van der Waals surface area contributed by atoms with Crippen LogP contribution in [-0.4, -0.2) is 34.1 Å².